The van der Waals surface area contributed by atoms with Crippen molar-refractivity contribution in [2.75, 3.05) is 15.5 Å². The molecule has 3 aromatic carbocycles. The lowest BCUT2D eigenvalue weighted by Gasteiger charge is -2.33. The largest absolute Gasteiger partial charge is 0.508 e. The van der Waals surface area contributed by atoms with Gasteiger partial charge in [0.25, 0.3) is 0 Å². The molecule has 0 radical (unpaired) electrons. The van der Waals surface area contributed by atoms with E-state index in [1.807, 2.05) is 18.2 Å². The van der Waals surface area contributed by atoms with Crippen molar-refractivity contribution in [3.63, 3.8) is 0 Å². The fourth-order valence-electron chi connectivity index (χ4n) is 3.35. The van der Waals surface area contributed by atoms with E-state index in [2.05, 4.69) is 30.5 Å². The average Bonchev–Trinajstić information content (AvgIpc) is 2.77. The van der Waals surface area contributed by atoms with E-state index in [4.69, 9.17) is 16.6 Å². The van der Waals surface area contributed by atoms with E-state index in [1.54, 1.807) is 65.3 Å². The second kappa shape index (κ2) is 10.2. The summed E-state index contributed by atoms with van der Waals surface area (Å²) < 4.78 is 14.7. The Kier molecular flexibility index (Phi) is 7.11. The third-order valence-electron chi connectivity index (χ3n) is 4.79. The van der Waals surface area contributed by atoms with Gasteiger partial charge in [-0.25, -0.2) is 9.38 Å². The quantitative estimate of drug-likeness (QED) is 0.263. The molecule has 0 spiro atoms. The lowest BCUT2D eigenvalue weighted by Crippen LogP contribution is -2.40. The molecule has 0 aliphatic carbocycles. The second-order valence-electron chi connectivity index (χ2n) is 7.66. The molecule has 0 fully saturated rings. The Bertz CT molecular complexity index is 1160. The minimum atomic E-state index is -0.679. The number of aromatic hydroxyl groups is 1. The van der Waals surface area contributed by atoms with Gasteiger partial charge < -0.3 is 20.6 Å². The van der Waals surface area contributed by atoms with E-state index >= 15 is 0 Å². The molecule has 0 amide bonds. The van der Waals surface area contributed by atoms with Gasteiger partial charge in [0.15, 0.2) is 0 Å². The van der Waals surface area contributed by atoms with Crippen LogP contribution in [0.25, 0.3) is 0 Å². The predicted molar refractivity (Wildman–Crippen MR) is 137 cm³/mol. The number of para-hydroxylation sites is 2. The van der Waals surface area contributed by atoms with Gasteiger partial charge in [-0.05, 0) is 54.6 Å². The number of phenols is 1. The molecular weight excluding hydrogens is 459 g/mol. The third kappa shape index (κ3) is 5.61. The molecule has 4 rings (SSSR count). The first kappa shape index (κ1) is 23.0. The molecule has 5 nitrogen and oxygen atoms in total. The Hall–Kier alpha value is -3.16. The highest BCUT2D eigenvalue weighted by Gasteiger charge is 2.25. The van der Waals surface area contributed by atoms with Gasteiger partial charge >= 0.3 is 0 Å². The van der Waals surface area contributed by atoms with Crippen molar-refractivity contribution in [3.8, 4) is 5.75 Å². The van der Waals surface area contributed by atoms with Crippen LogP contribution < -0.4 is 15.5 Å². The van der Waals surface area contributed by atoms with Gasteiger partial charge in [-0.15, -0.1) is 11.8 Å². The average molecular weight is 483 g/mol. The Morgan fingerprint density at radius 1 is 1.06 bits per heavy atom. The zero-order valence-electron chi connectivity index (χ0n) is 18.2. The van der Waals surface area contributed by atoms with Crippen LogP contribution in [0.5, 0.6) is 5.75 Å². The van der Waals surface area contributed by atoms with Crippen molar-refractivity contribution in [1.82, 2.24) is 0 Å². The molecule has 33 heavy (non-hydrogen) atoms. The van der Waals surface area contributed by atoms with Crippen LogP contribution in [0, 0.1) is 5.82 Å². The highest BCUT2D eigenvalue weighted by atomic mass is 35.5. The van der Waals surface area contributed by atoms with Crippen molar-refractivity contribution >= 4 is 46.3 Å². The molecule has 3 N–H and O–H groups in total. The minimum absolute atomic E-state index is 0.156. The van der Waals surface area contributed by atoms with Crippen molar-refractivity contribution in [3.05, 3.63) is 89.8 Å². The standard InChI is InChI=1S/C25H24ClFN4OS/c1-16(2)33-22-9-4-3-8-21(22)29-23-14-15-31(24-19(26)6-5-7-20(24)27)25(30-23)28-17-10-12-18(32)13-11-17/h3-16,25,28,32H,1-2H3,(H,29,30). The Balaban J connectivity index is 1.67. The molecule has 1 aliphatic heterocycles. The topological polar surface area (TPSA) is 59.9 Å². The molecule has 0 saturated heterocycles. The molecule has 170 valence electrons. The molecule has 0 bridgehead atoms. The Morgan fingerprint density at radius 2 is 1.82 bits per heavy atom. The summed E-state index contributed by atoms with van der Waals surface area (Å²) in [4.78, 5) is 7.55. The summed E-state index contributed by atoms with van der Waals surface area (Å²) in [6.45, 7) is 4.29. The summed E-state index contributed by atoms with van der Waals surface area (Å²) in [5, 5.41) is 17.0. The maximum absolute atomic E-state index is 14.7. The van der Waals surface area contributed by atoms with E-state index in [0.717, 1.165) is 10.6 Å². The number of hydrogen-bond donors (Lipinski definition) is 3. The smallest absolute Gasteiger partial charge is 0.202 e. The molecule has 1 unspecified atom stereocenters. The van der Waals surface area contributed by atoms with Crippen LogP contribution in [-0.2, 0) is 0 Å². The fraction of sp³-hybridized carbons (Fsp3) is 0.160. The molecule has 3 aromatic rings. The number of aliphatic imine (C=N–C) groups is 1. The monoisotopic (exact) mass is 482 g/mol. The van der Waals surface area contributed by atoms with E-state index in [1.165, 1.54) is 6.07 Å². The van der Waals surface area contributed by atoms with Crippen molar-refractivity contribution in [2.45, 2.75) is 30.3 Å². The number of anilines is 3. The molecular formula is C25H24ClFN4OS. The lowest BCUT2D eigenvalue weighted by atomic mass is 10.2. The molecule has 8 heteroatoms. The number of nitrogens with zero attached hydrogens (tertiary/aromatic N) is 2. The third-order valence-corrected chi connectivity index (χ3v) is 6.18. The van der Waals surface area contributed by atoms with Crippen molar-refractivity contribution in [1.29, 1.82) is 0 Å². The number of phenolic OH excluding ortho intramolecular Hbond substituents is 1. The number of halogens is 2. The van der Waals surface area contributed by atoms with Crippen LogP contribution in [-0.4, -0.2) is 22.5 Å². The first-order valence-corrected chi connectivity index (χ1v) is 11.7. The lowest BCUT2D eigenvalue weighted by molar-refractivity contribution is 0.475. The summed E-state index contributed by atoms with van der Waals surface area (Å²) in [6.07, 6.45) is 2.85. The zero-order valence-corrected chi connectivity index (χ0v) is 19.7. The van der Waals surface area contributed by atoms with Crippen LogP contribution in [0.3, 0.4) is 0 Å². The zero-order chi connectivity index (χ0) is 23.4. The number of benzene rings is 3. The second-order valence-corrected chi connectivity index (χ2v) is 9.69. The normalized spacial score (nSPS) is 15.5. The highest BCUT2D eigenvalue weighted by Crippen LogP contribution is 2.34. The Labute approximate surface area is 202 Å². The summed E-state index contributed by atoms with van der Waals surface area (Å²) in [7, 11) is 0. The van der Waals surface area contributed by atoms with Gasteiger partial charge in [-0.1, -0.05) is 43.6 Å². The molecule has 1 atom stereocenters. The van der Waals surface area contributed by atoms with Crippen molar-refractivity contribution in [2.24, 2.45) is 4.99 Å². The molecule has 1 aliphatic rings. The minimum Gasteiger partial charge on any atom is -0.508 e. The van der Waals surface area contributed by atoms with Crippen LogP contribution in [0.1, 0.15) is 13.8 Å². The van der Waals surface area contributed by atoms with Gasteiger partial charge in [0.1, 0.15) is 17.4 Å². The number of hydrogen-bond acceptors (Lipinski definition) is 6. The summed E-state index contributed by atoms with van der Waals surface area (Å²) >= 11 is 8.11. The van der Waals surface area contributed by atoms with Gasteiger partial charge in [0.05, 0.1) is 16.4 Å². The van der Waals surface area contributed by atoms with E-state index < -0.39 is 12.1 Å². The SMILES string of the molecule is CC(C)Sc1ccccc1NC1=NC(Nc2ccc(O)cc2)N(c2c(F)cccc2Cl)C=C1. The number of rotatable bonds is 6. The first-order valence-electron chi connectivity index (χ1n) is 10.5. The van der Waals surface area contributed by atoms with E-state index in [9.17, 15) is 9.50 Å². The Morgan fingerprint density at radius 3 is 2.55 bits per heavy atom. The van der Waals surface area contributed by atoms with E-state index in [0.29, 0.717) is 16.8 Å². The van der Waals surface area contributed by atoms with Crippen LogP contribution in [0.2, 0.25) is 5.02 Å². The fourth-order valence-corrected chi connectivity index (χ4v) is 4.52. The van der Waals surface area contributed by atoms with Crippen molar-refractivity contribution < 1.29 is 9.50 Å². The van der Waals surface area contributed by atoms with E-state index in [-0.39, 0.29) is 16.5 Å². The van der Waals surface area contributed by atoms with Gasteiger partial charge in [-0.2, -0.15) is 0 Å². The summed E-state index contributed by atoms with van der Waals surface area (Å²) in [5.41, 5.74) is 1.88. The maximum Gasteiger partial charge on any atom is 0.202 e. The highest BCUT2D eigenvalue weighted by molar-refractivity contribution is 8.00. The summed E-state index contributed by atoms with van der Waals surface area (Å²) in [6, 6.07) is 19.2. The number of nitrogens with one attached hydrogen (secondary N) is 2. The predicted octanol–water partition coefficient (Wildman–Crippen LogP) is 6.93. The maximum atomic E-state index is 14.7. The number of amidine groups is 1. The van der Waals surface area contributed by atoms with Crippen LogP contribution >= 0.6 is 23.4 Å². The molecule has 0 saturated carbocycles. The molecule has 1 heterocycles. The summed E-state index contributed by atoms with van der Waals surface area (Å²) in [5.74, 6) is 0.324. The van der Waals surface area contributed by atoms with Gasteiger partial charge in [0.2, 0.25) is 6.29 Å². The number of thioether (sulfide) groups is 1. The van der Waals surface area contributed by atoms with Crippen LogP contribution in [0.4, 0.5) is 21.5 Å². The first-order chi connectivity index (χ1) is 15.9. The van der Waals surface area contributed by atoms with Gasteiger partial charge in [0, 0.05) is 22.0 Å². The van der Waals surface area contributed by atoms with Crippen LogP contribution in [0.15, 0.2) is 88.9 Å². The van der Waals surface area contributed by atoms with Gasteiger partial charge in [-0.3, -0.25) is 0 Å². The molecule has 0 aromatic heterocycles.